The van der Waals surface area contributed by atoms with Crippen LogP contribution in [0.15, 0.2) is 56.9 Å². The Labute approximate surface area is 266 Å². The summed E-state index contributed by atoms with van der Waals surface area (Å²) < 4.78 is 41.4. The van der Waals surface area contributed by atoms with Crippen molar-refractivity contribution in [3.05, 3.63) is 64.9 Å². The number of ether oxygens (including phenoxy) is 1. The highest BCUT2D eigenvalue weighted by Crippen LogP contribution is 2.39. The van der Waals surface area contributed by atoms with Crippen molar-refractivity contribution in [3.63, 3.8) is 0 Å². The van der Waals surface area contributed by atoms with Gasteiger partial charge >= 0.3 is 0 Å². The first-order chi connectivity index (χ1) is 21.7. The third-order valence-electron chi connectivity index (χ3n) is 9.41. The number of hydrogen-bond donors (Lipinski definition) is 1. The molecule has 1 aromatic heterocycles. The minimum atomic E-state index is -3.99. The maximum atomic E-state index is 13.9. The van der Waals surface area contributed by atoms with E-state index in [2.05, 4.69) is 22.9 Å². The molecule has 2 aromatic carbocycles. The highest BCUT2D eigenvalue weighted by molar-refractivity contribution is 7.92. The first kappa shape index (κ1) is 31.5. The number of carbonyl (C=O) groups excluding carboxylic acids is 1. The summed E-state index contributed by atoms with van der Waals surface area (Å²) in [7, 11) is -3.99. The van der Waals surface area contributed by atoms with E-state index in [0.717, 1.165) is 73.9 Å². The monoisotopic (exact) mass is 632 g/mol. The number of nitrogens with one attached hydrogen (secondary N) is 1. The number of amides is 1. The average Bonchev–Trinajstić information content (AvgIpc) is 3.78. The van der Waals surface area contributed by atoms with Crippen LogP contribution in [-0.4, -0.2) is 42.4 Å². The zero-order valence-electron chi connectivity index (χ0n) is 26.6. The summed E-state index contributed by atoms with van der Waals surface area (Å²) in [5.41, 5.74) is 3.25. The summed E-state index contributed by atoms with van der Waals surface area (Å²) in [6.45, 7) is 7.13. The van der Waals surface area contributed by atoms with Crippen LogP contribution in [-0.2, 0) is 32.7 Å². The van der Waals surface area contributed by atoms with Gasteiger partial charge in [0.15, 0.2) is 5.82 Å². The normalized spacial score (nSPS) is 18.1. The van der Waals surface area contributed by atoms with E-state index in [0.29, 0.717) is 42.6 Å². The Morgan fingerprint density at radius 1 is 1.07 bits per heavy atom. The molecular formula is C35H44N4O5S. The van der Waals surface area contributed by atoms with E-state index >= 15 is 0 Å². The number of nitrogens with zero attached hydrogens (tertiary/aromatic N) is 3. The highest BCUT2D eigenvalue weighted by atomic mass is 32.2. The molecule has 1 aliphatic heterocycles. The lowest BCUT2D eigenvalue weighted by molar-refractivity contribution is -0.132. The van der Waals surface area contributed by atoms with Crippen LogP contribution in [0.1, 0.15) is 93.6 Å². The van der Waals surface area contributed by atoms with Gasteiger partial charge in [0.2, 0.25) is 0 Å². The predicted octanol–water partition coefficient (Wildman–Crippen LogP) is 7.32. The second kappa shape index (κ2) is 13.1. The molecule has 1 N–H and O–H groups in total. The summed E-state index contributed by atoms with van der Waals surface area (Å²) in [5, 5.41) is 3.90. The lowest BCUT2D eigenvalue weighted by atomic mass is 9.82. The van der Waals surface area contributed by atoms with Crippen LogP contribution in [0.3, 0.4) is 0 Å². The molecule has 10 heteroatoms. The van der Waals surface area contributed by atoms with Crippen LogP contribution in [0.2, 0.25) is 0 Å². The maximum absolute atomic E-state index is 13.9. The third-order valence-corrected chi connectivity index (χ3v) is 10.8. The number of anilines is 1. The highest BCUT2D eigenvalue weighted by Gasteiger charge is 2.48. The van der Waals surface area contributed by atoms with Gasteiger partial charge in [-0.15, -0.1) is 0 Å². The van der Waals surface area contributed by atoms with Crippen LogP contribution in [0.25, 0.3) is 11.1 Å². The van der Waals surface area contributed by atoms with Gasteiger partial charge in [-0.1, -0.05) is 74.2 Å². The average molecular weight is 633 g/mol. The zero-order chi connectivity index (χ0) is 31.6. The van der Waals surface area contributed by atoms with Crippen molar-refractivity contribution in [2.75, 3.05) is 11.3 Å². The van der Waals surface area contributed by atoms with E-state index in [4.69, 9.17) is 14.3 Å². The van der Waals surface area contributed by atoms with E-state index in [1.165, 1.54) is 12.8 Å². The molecule has 0 radical (unpaired) electrons. The van der Waals surface area contributed by atoms with Crippen molar-refractivity contribution < 1.29 is 22.5 Å². The molecule has 2 aliphatic carbocycles. The van der Waals surface area contributed by atoms with Gasteiger partial charge in [0.1, 0.15) is 17.1 Å². The number of amidine groups is 1. The van der Waals surface area contributed by atoms with Crippen LogP contribution in [0, 0.1) is 19.8 Å². The molecule has 0 saturated heterocycles. The lowest BCUT2D eigenvalue weighted by Gasteiger charge is -2.30. The van der Waals surface area contributed by atoms with E-state index in [9.17, 15) is 13.2 Å². The Balaban J connectivity index is 1.33. The van der Waals surface area contributed by atoms with E-state index in [1.54, 1.807) is 26.0 Å². The fourth-order valence-corrected chi connectivity index (χ4v) is 7.70. The Kier molecular flexibility index (Phi) is 9.15. The van der Waals surface area contributed by atoms with Crippen molar-refractivity contribution in [2.45, 2.75) is 109 Å². The minimum Gasteiger partial charge on any atom is -0.376 e. The van der Waals surface area contributed by atoms with Crippen molar-refractivity contribution in [1.29, 1.82) is 0 Å². The van der Waals surface area contributed by atoms with Crippen molar-refractivity contribution in [2.24, 2.45) is 10.9 Å². The van der Waals surface area contributed by atoms with Crippen LogP contribution >= 0.6 is 0 Å². The molecule has 2 heterocycles. The molecule has 0 atom stereocenters. The van der Waals surface area contributed by atoms with Gasteiger partial charge in [0.05, 0.1) is 18.0 Å². The van der Waals surface area contributed by atoms with Gasteiger partial charge in [-0.3, -0.25) is 19.4 Å². The van der Waals surface area contributed by atoms with E-state index in [1.807, 2.05) is 29.2 Å². The summed E-state index contributed by atoms with van der Waals surface area (Å²) in [6.07, 6.45) is 10.1. The Morgan fingerprint density at radius 3 is 2.56 bits per heavy atom. The van der Waals surface area contributed by atoms with Crippen molar-refractivity contribution in [1.82, 2.24) is 10.1 Å². The maximum Gasteiger partial charge on any atom is 0.263 e. The number of benzene rings is 2. The number of aryl methyl sites for hydroxylation is 1. The largest absolute Gasteiger partial charge is 0.376 e. The summed E-state index contributed by atoms with van der Waals surface area (Å²) in [5.74, 6) is 2.36. The molecule has 3 aromatic rings. The SMILES string of the molecule is CCCCC1=NC2(CCCCC2)C(=O)N1Cc1ccc(-c2ccccc2S(=O)(=O)Nc2noc(C)c2C)c(COCC2CC2)c1. The van der Waals surface area contributed by atoms with E-state index in [-0.39, 0.29) is 16.6 Å². The number of aromatic nitrogens is 1. The summed E-state index contributed by atoms with van der Waals surface area (Å²) in [4.78, 5) is 21.1. The molecular weight excluding hydrogens is 588 g/mol. The number of aliphatic imine (C=N–C) groups is 1. The van der Waals surface area contributed by atoms with Gasteiger partial charge in [0, 0.05) is 24.2 Å². The van der Waals surface area contributed by atoms with Gasteiger partial charge in [-0.2, -0.15) is 0 Å². The fourth-order valence-electron chi connectivity index (χ4n) is 6.42. The Morgan fingerprint density at radius 2 is 1.84 bits per heavy atom. The number of unbranched alkanes of at least 4 members (excludes halogenated alkanes) is 1. The van der Waals surface area contributed by atoms with E-state index < -0.39 is 15.6 Å². The Bertz CT molecular complexity index is 1690. The topological polar surface area (TPSA) is 114 Å². The first-order valence-corrected chi connectivity index (χ1v) is 17.8. The number of hydrogen-bond acceptors (Lipinski definition) is 7. The lowest BCUT2D eigenvalue weighted by Crippen LogP contribution is -2.43. The van der Waals surface area contributed by atoms with Crippen molar-refractivity contribution in [3.8, 4) is 11.1 Å². The van der Waals surface area contributed by atoms with Gasteiger partial charge in [-0.05, 0) is 74.6 Å². The number of carbonyl (C=O) groups is 1. The number of rotatable bonds is 13. The molecule has 9 nitrogen and oxygen atoms in total. The first-order valence-electron chi connectivity index (χ1n) is 16.4. The van der Waals surface area contributed by atoms with Crippen molar-refractivity contribution >= 4 is 27.6 Å². The molecule has 0 bridgehead atoms. The fraction of sp³-hybridized carbons (Fsp3) is 0.514. The molecule has 2 saturated carbocycles. The van der Waals surface area contributed by atoms with Crippen LogP contribution in [0.4, 0.5) is 5.82 Å². The molecule has 0 unspecified atom stereocenters. The van der Waals surface area contributed by atoms with Gasteiger partial charge < -0.3 is 9.26 Å². The van der Waals surface area contributed by atoms with Gasteiger partial charge in [-0.25, -0.2) is 8.42 Å². The number of sulfonamides is 1. The molecule has 240 valence electrons. The smallest absolute Gasteiger partial charge is 0.263 e. The molecule has 1 amide bonds. The standard InChI is InChI=1S/C35H44N4O5S/c1-4-5-13-32-36-35(18-9-6-10-19-35)34(40)39(32)21-27-16-17-29(28(20-27)23-43-22-26-14-15-26)30-11-7-8-12-31(30)45(41,42)38-33-24(2)25(3)44-37-33/h7-8,11-12,16-17,20,26H,4-6,9-10,13-15,18-19,21-23H2,1-3H3,(H,37,38). The van der Waals surface area contributed by atoms with Gasteiger partial charge in [0.25, 0.3) is 15.9 Å². The summed E-state index contributed by atoms with van der Waals surface area (Å²) in [6, 6.07) is 13.0. The van der Waals surface area contributed by atoms with Crippen LogP contribution in [0.5, 0.6) is 0 Å². The summed E-state index contributed by atoms with van der Waals surface area (Å²) >= 11 is 0. The van der Waals surface area contributed by atoms with Crippen LogP contribution < -0.4 is 4.72 Å². The third kappa shape index (κ3) is 6.72. The zero-order valence-corrected chi connectivity index (χ0v) is 27.4. The molecule has 45 heavy (non-hydrogen) atoms. The predicted molar refractivity (Wildman–Crippen MR) is 174 cm³/mol. The quantitative estimate of drug-likeness (QED) is 0.211. The molecule has 1 spiro atoms. The molecule has 3 aliphatic rings. The second-order valence-corrected chi connectivity index (χ2v) is 14.5. The second-order valence-electron chi connectivity index (χ2n) is 12.9. The molecule has 2 fully saturated rings. The Hall–Kier alpha value is -3.50. The molecule has 6 rings (SSSR count). The minimum absolute atomic E-state index is 0.129.